The monoisotopic (exact) mass is 366 g/mol. The van der Waals surface area contributed by atoms with Gasteiger partial charge in [0.2, 0.25) is 10.0 Å². The lowest BCUT2D eigenvalue weighted by molar-refractivity contribution is -0.141. The minimum atomic E-state index is -3.63. The van der Waals surface area contributed by atoms with E-state index in [1.165, 1.54) is 33.5 Å². The fourth-order valence-corrected chi connectivity index (χ4v) is 5.04. The third-order valence-corrected chi connectivity index (χ3v) is 6.73. The molecule has 7 nitrogen and oxygen atoms in total. The van der Waals surface area contributed by atoms with E-state index in [1.54, 1.807) is 0 Å². The summed E-state index contributed by atoms with van der Waals surface area (Å²) in [6.07, 6.45) is 3.76. The second-order valence-corrected chi connectivity index (χ2v) is 8.43. The normalized spacial score (nSPS) is 22.1. The maximum atomic E-state index is 12.8. The number of aliphatic carboxylic acids is 1. The average Bonchev–Trinajstić information content (AvgIpc) is 3.12. The first kappa shape index (κ1) is 17.9. The molecular weight excluding hydrogens is 344 g/mol. The topological polar surface area (TPSA) is 95.0 Å². The van der Waals surface area contributed by atoms with Crippen molar-refractivity contribution in [2.75, 3.05) is 19.6 Å². The van der Waals surface area contributed by atoms with E-state index in [2.05, 4.69) is 0 Å². The Balaban J connectivity index is 1.86. The van der Waals surface area contributed by atoms with Crippen LogP contribution < -0.4 is 0 Å². The Bertz CT molecular complexity index is 771. The number of sulfonamides is 1. The van der Waals surface area contributed by atoms with Crippen molar-refractivity contribution in [2.24, 2.45) is 0 Å². The van der Waals surface area contributed by atoms with Crippen LogP contribution in [0.1, 0.15) is 42.5 Å². The highest BCUT2D eigenvalue weighted by Crippen LogP contribution is 2.24. The van der Waals surface area contributed by atoms with E-state index in [9.17, 15) is 23.1 Å². The van der Waals surface area contributed by atoms with Crippen molar-refractivity contribution in [1.29, 1.82) is 0 Å². The number of carboxylic acid groups (broad SMARTS) is 1. The number of hydrogen-bond donors (Lipinski definition) is 1. The fraction of sp³-hybridized carbons (Fsp3) is 0.529. The number of carbonyl (C=O) groups excluding carboxylic acids is 1. The Morgan fingerprint density at radius 2 is 1.76 bits per heavy atom. The predicted molar refractivity (Wildman–Crippen MR) is 90.7 cm³/mol. The highest BCUT2D eigenvalue weighted by atomic mass is 32.2. The number of carbonyl (C=O) groups is 2. The van der Waals surface area contributed by atoms with Gasteiger partial charge >= 0.3 is 5.97 Å². The molecule has 0 spiro atoms. The maximum absolute atomic E-state index is 12.8. The SMILES string of the molecule is O=C(O)[C@H]1CCCN1C(=O)c1cccc(S(=O)(=O)N2CCCCC2)c1. The molecule has 1 aromatic rings. The van der Waals surface area contributed by atoms with E-state index in [-0.39, 0.29) is 10.5 Å². The molecule has 2 fully saturated rings. The standard InChI is InChI=1S/C17H22N2O5S/c20-16(19-11-5-8-15(19)17(21)22)13-6-4-7-14(12-13)25(23,24)18-9-2-1-3-10-18/h4,6-7,12,15H,1-3,5,8-11H2,(H,21,22)/t15-/m1/s1. The van der Waals surface area contributed by atoms with Gasteiger partial charge < -0.3 is 10.0 Å². The lowest BCUT2D eigenvalue weighted by Crippen LogP contribution is -2.40. The molecule has 0 bridgehead atoms. The molecule has 3 rings (SSSR count). The summed E-state index contributed by atoms with van der Waals surface area (Å²) in [4.78, 5) is 25.4. The second kappa shape index (κ2) is 7.13. The molecule has 2 saturated heterocycles. The van der Waals surface area contributed by atoms with E-state index in [0.717, 1.165) is 19.3 Å². The molecule has 1 amide bonds. The van der Waals surface area contributed by atoms with Crippen molar-refractivity contribution in [3.8, 4) is 0 Å². The Hall–Kier alpha value is -1.93. The summed E-state index contributed by atoms with van der Waals surface area (Å²) in [5.41, 5.74) is 0.214. The molecule has 1 aromatic carbocycles. The van der Waals surface area contributed by atoms with Crippen molar-refractivity contribution in [2.45, 2.75) is 43.0 Å². The lowest BCUT2D eigenvalue weighted by atomic mass is 10.1. The van der Waals surface area contributed by atoms with Gasteiger partial charge in [0.25, 0.3) is 5.91 Å². The second-order valence-electron chi connectivity index (χ2n) is 6.49. The first-order valence-corrected chi connectivity index (χ1v) is 9.99. The molecule has 1 atom stereocenters. The van der Waals surface area contributed by atoms with Gasteiger partial charge in [-0.25, -0.2) is 13.2 Å². The van der Waals surface area contributed by atoms with Gasteiger partial charge in [-0.15, -0.1) is 0 Å². The van der Waals surface area contributed by atoms with Gasteiger partial charge in [-0.2, -0.15) is 4.31 Å². The third-order valence-electron chi connectivity index (χ3n) is 4.83. The van der Waals surface area contributed by atoms with Gasteiger partial charge in [-0.1, -0.05) is 12.5 Å². The molecule has 8 heteroatoms. The summed E-state index contributed by atoms with van der Waals surface area (Å²) in [6.45, 7) is 1.36. The molecular formula is C17H22N2O5S. The van der Waals surface area contributed by atoms with Gasteiger partial charge in [-0.3, -0.25) is 4.79 Å². The molecule has 25 heavy (non-hydrogen) atoms. The molecule has 1 N–H and O–H groups in total. The fourth-order valence-electron chi connectivity index (χ4n) is 3.48. The zero-order valence-corrected chi connectivity index (χ0v) is 14.7. The smallest absolute Gasteiger partial charge is 0.326 e. The van der Waals surface area contributed by atoms with Gasteiger partial charge in [-0.05, 0) is 43.9 Å². The van der Waals surface area contributed by atoms with E-state index < -0.39 is 27.9 Å². The Morgan fingerprint density at radius 3 is 2.44 bits per heavy atom. The van der Waals surface area contributed by atoms with Crippen LogP contribution in [-0.2, 0) is 14.8 Å². The van der Waals surface area contributed by atoms with Gasteiger partial charge in [0.1, 0.15) is 6.04 Å². The van der Waals surface area contributed by atoms with E-state index in [0.29, 0.717) is 32.5 Å². The Labute approximate surface area is 147 Å². The molecule has 136 valence electrons. The van der Waals surface area contributed by atoms with Gasteiger partial charge in [0, 0.05) is 25.2 Å². The lowest BCUT2D eigenvalue weighted by Gasteiger charge is -2.26. The summed E-state index contributed by atoms with van der Waals surface area (Å²) < 4.78 is 27.0. The Kier molecular flexibility index (Phi) is 5.10. The molecule has 0 saturated carbocycles. The summed E-state index contributed by atoms with van der Waals surface area (Å²) in [5.74, 6) is -1.46. The summed E-state index contributed by atoms with van der Waals surface area (Å²) in [5, 5.41) is 9.24. The molecule has 0 unspecified atom stereocenters. The molecule has 2 aliphatic heterocycles. The quantitative estimate of drug-likeness (QED) is 0.872. The number of hydrogen-bond acceptors (Lipinski definition) is 4. The molecule has 0 aliphatic carbocycles. The van der Waals surface area contributed by atoms with Crippen LogP contribution in [0.5, 0.6) is 0 Å². The molecule has 0 aromatic heterocycles. The van der Waals surface area contributed by atoms with Crippen molar-refractivity contribution >= 4 is 21.9 Å². The van der Waals surface area contributed by atoms with E-state index in [1.807, 2.05) is 0 Å². The number of likely N-dealkylation sites (tertiary alicyclic amines) is 1. The van der Waals surface area contributed by atoms with E-state index >= 15 is 0 Å². The first-order valence-electron chi connectivity index (χ1n) is 8.55. The van der Waals surface area contributed by atoms with Crippen LogP contribution in [0.4, 0.5) is 0 Å². The molecule has 0 radical (unpaired) electrons. The van der Waals surface area contributed by atoms with Gasteiger partial charge in [0.05, 0.1) is 4.90 Å². The zero-order chi connectivity index (χ0) is 18.0. The minimum absolute atomic E-state index is 0.0892. The predicted octanol–water partition coefficient (Wildman–Crippen LogP) is 1.55. The van der Waals surface area contributed by atoms with Crippen molar-refractivity contribution in [3.63, 3.8) is 0 Å². The maximum Gasteiger partial charge on any atom is 0.326 e. The number of nitrogens with zero attached hydrogens (tertiary/aromatic N) is 2. The van der Waals surface area contributed by atoms with E-state index in [4.69, 9.17) is 0 Å². The number of carboxylic acids is 1. The van der Waals surface area contributed by atoms with Crippen LogP contribution in [0.15, 0.2) is 29.2 Å². The molecule has 2 heterocycles. The van der Waals surface area contributed by atoms with Crippen LogP contribution in [0.25, 0.3) is 0 Å². The summed E-state index contributed by atoms with van der Waals surface area (Å²) in [7, 11) is -3.63. The number of piperidine rings is 1. The van der Waals surface area contributed by atoms with Crippen LogP contribution in [0.2, 0.25) is 0 Å². The number of amides is 1. The Morgan fingerprint density at radius 1 is 1.04 bits per heavy atom. The largest absolute Gasteiger partial charge is 0.480 e. The first-order chi connectivity index (χ1) is 11.9. The van der Waals surface area contributed by atoms with Crippen molar-refractivity contribution in [3.05, 3.63) is 29.8 Å². The summed E-state index contributed by atoms with van der Waals surface area (Å²) in [6, 6.07) is 5.09. The van der Waals surface area contributed by atoms with Crippen LogP contribution in [0, 0.1) is 0 Å². The third kappa shape index (κ3) is 3.55. The average molecular weight is 366 g/mol. The number of rotatable bonds is 4. The van der Waals surface area contributed by atoms with Crippen molar-refractivity contribution < 1.29 is 23.1 Å². The number of benzene rings is 1. The van der Waals surface area contributed by atoms with Crippen LogP contribution in [-0.4, -0.2) is 60.3 Å². The van der Waals surface area contributed by atoms with Crippen LogP contribution in [0.3, 0.4) is 0 Å². The highest BCUT2D eigenvalue weighted by molar-refractivity contribution is 7.89. The minimum Gasteiger partial charge on any atom is -0.480 e. The molecule has 2 aliphatic rings. The van der Waals surface area contributed by atoms with Crippen molar-refractivity contribution in [1.82, 2.24) is 9.21 Å². The van der Waals surface area contributed by atoms with Gasteiger partial charge in [0.15, 0.2) is 0 Å². The highest BCUT2D eigenvalue weighted by Gasteiger charge is 2.35. The van der Waals surface area contributed by atoms with Crippen LogP contribution >= 0.6 is 0 Å². The summed E-state index contributed by atoms with van der Waals surface area (Å²) >= 11 is 0. The zero-order valence-electron chi connectivity index (χ0n) is 13.9.